The topological polar surface area (TPSA) is 64.0 Å². The van der Waals surface area contributed by atoms with Crippen LogP contribution in [0, 0.1) is 0 Å². The van der Waals surface area contributed by atoms with Crippen LogP contribution in [0.5, 0.6) is 0 Å². The maximum atomic E-state index is 11.0. The SMILES string of the molecule is CCn1nc(CNCCCS(C)(=O)=O)c2ccccc21. The maximum Gasteiger partial charge on any atom is 0.147 e. The highest BCUT2D eigenvalue weighted by molar-refractivity contribution is 7.90. The van der Waals surface area contributed by atoms with E-state index < -0.39 is 9.84 Å². The predicted octanol–water partition coefficient (Wildman–Crippen LogP) is 1.58. The predicted molar refractivity (Wildman–Crippen MR) is 81.4 cm³/mol. The van der Waals surface area contributed by atoms with Crippen LogP contribution in [-0.4, -0.2) is 36.8 Å². The standard InChI is InChI=1S/C14H21N3O2S/c1-3-17-14-8-5-4-7-12(14)13(16-17)11-15-9-6-10-20(2,18)19/h4-5,7-8,15H,3,6,9-11H2,1-2H3. The number of hydrogen-bond acceptors (Lipinski definition) is 4. The second-order valence-corrected chi connectivity index (χ2v) is 7.20. The Kier molecular flexibility index (Phi) is 4.77. The van der Waals surface area contributed by atoms with Crippen molar-refractivity contribution in [1.82, 2.24) is 15.1 Å². The monoisotopic (exact) mass is 295 g/mol. The molecule has 0 fully saturated rings. The van der Waals surface area contributed by atoms with Gasteiger partial charge in [-0.15, -0.1) is 0 Å². The Bertz CT molecular complexity index is 677. The molecule has 0 bridgehead atoms. The molecule has 1 heterocycles. The Labute approximate surface area is 119 Å². The molecule has 6 heteroatoms. The number of sulfone groups is 1. The number of aryl methyl sites for hydroxylation is 1. The van der Waals surface area contributed by atoms with Gasteiger partial charge in [-0.3, -0.25) is 4.68 Å². The number of benzene rings is 1. The van der Waals surface area contributed by atoms with Crippen molar-refractivity contribution in [1.29, 1.82) is 0 Å². The zero-order chi connectivity index (χ0) is 14.6. The van der Waals surface area contributed by atoms with E-state index in [1.165, 1.54) is 6.26 Å². The van der Waals surface area contributed by atoms with Crippen molar-refractivity contribution < 1.29 is 8.42 Å². The molecule has 0 aliphatic heterocycles. The smallest absolute Gasteiger partial charge is 0.147 e. The molecule has 20 heavy (non-hydrogen) atoms. The van der Waals surface area contributed by atoms with Gasteiger partial charge in [-0.05, 0) is 26.0 Å². The first-order valence-corrected chi connectivity index (χ1v) is 8.90. The minimum absolute atomic E-state index is 0.226. The summed E-state index contributed by atoms with van der Waals surface area (Å²) in [5, 5.41) is 9.01. The summed E-state index contributed by atoms with van der Waals surface area (Å²) in [6, 6.07) is 8.16. The van der Waals surface area contributed by atoms with Crippen molar-refractivity contribution in [2.24, 2.45) is 0 Å². The lowest BCUT2D eigenvalue weighted by molar-refractivity contribution is 0.592. The molecular weight excluding hydrogens is 274 g/mol. The average Bonchev–Trinajstić information content (AvgIpc) is 2.76. The normalized spacial score (nSPS) is 12.1. The number of para-hydroxylation sites is 1. The maximum absolute atomic E-state index is 11.0. The first-order valence-electron chi connectivity index (χ1n) is 6.84. The minimum Gasteiger partial charge on any atom is -0.311 e. The van der Waals surface area contributed by atoms with Crippen LogP contribution in [0.3, 0.4) is 0 Å². The van der Waals surface area contributed by atoms with Crippen molar-refractivity contribution in [3.8, 4) is 0 Å². The summed E-state index contributed by atoms with van der Waals surface area (Å²) in [7, 11) is -2.86. The molecule has 0 saturated carbocycles. The summed E-state index contributed by atoms with van der Waals surface area (Å²) < 4.78 is 24.1. The first-order chi connectivity index (χ1) is 9.51. The van der Waals surface area contributed by atoms with Crippen molar-refractivity contribution >= 4 is 20.7 Å². The van der Waals surface area contributed by atoms with E-state index in [9.17, 15) is 8.42 Å². The van der Waals surface area contributed by atoms with E-state index in [4.69, 9.17) is 0 Å². The van der Waals surface area contributed by atoms with Gasteiger partial charge in [-0.2, -0.15) is 5.10 Å². The van der Waals surface area contributed by atoms with Gasteiger partial charge < -0.3 is 5.32 Å². The molecule has 5 nitrogen and oxygen atoms in total. The Hall–Kier alpha value is -1.40. The van der Waals surface area contributed by atoms with Gasteiger partial charge >= 0.3 is 0 Å². The largest absolute Gasteiger partial charge is 0.311 e. The van der Waals surface area contributed by atoms with Crippen LogP contribution in [-0.2, 0) is 22.9 Å². The molecule has 2 aromatic rings. The number of aromatic nitrogens is 2. The molecule has 110 valence electrons. The fraction of sp³-hybridized carbons (Fsp3) is 0.500. The number of rotatable bonds is 7. The van der Waals surface area contributed by atoms with E-state index in [1.54, 1.807) is 0 Å². The van der Waals surface area contributed by atoms with Crippen LogP contribution in [0.25, 0.3) is 10.9 Å². The summed E-state index contributed by atoms with van der Waals surface area (Å²) in [6.45, 7) is 4.26. The molecular formula is C14H21N3O2S. The average molecular weight is 295 g/mol. The zero-order valence-electron chi connectivity index (χ0n) is 12.0. The minimum atomic E-state index is -2.86. The first kappa shape index (κ1) is 15.0. The fourth-order valence-corrected chi connectivity index (χ4v) is 2.90. The van der Waals surface area contributed by atoms with Gasteiger partial charge in [0.2, 0.25) is 0 Å². The molecule has 1 aromatic carbocycles. The van der Waals surface area contributed by atoms with Crippen LogP contribution < -0.4 is 5.32 Å². The molecule has 0 saturated heterocycles. The van der Waals surface area contributed by atoms with Crippen LogP contribution >= 0.6 is 0 Å². The summed E-state index contributed by atoms with van der Waals surface area (Å²) in [4.78, 5) is 0. The highest BCUT2D eigenvalue weighted by Crippen LogP contribution is 2.18. The molecule has 1 aromatic heterocycles. The second kappa shape index (κ2) is 6.37. The van der Waals surface area contributed by atoms with Gasteiger partial charge in [-0.25, -0.2) is 8.42 Å². The van der Waals surface area contributed by atoms with Gasteiger partial charge in [0.1, 0.15) is 9.84 Å². The van der Waals surface area contributed by atoms with Crippen LogP contribution in [0.2, 0.25) is 0 Å². The molecule has 0 spiro atoms. The fourth-order valence-electron chi connectivity index (χ4n) is 2.23. The zero-order valence-corrected chi connectivity index (χ0v) is 12.8. The number of nitrogens with zero attached hydrogens (tertiary/aromatic N) is 2. The molecule has 0 aliphatic carbocycles. The number of hydrogen-bond donors (Lipinski definition) is 1. The van der Waals surface area contributed by atoms with Crippen molar-refractivity contribution in [2.45, 2.75) is 26.4 Å². The summed E-state index contributed by atoms with van der Waals surface area (Å²) in [5.74, 6) is 0.226. The molecule has 0 unspecified atom stereocenters. The Morgan fingerprint density at radius 3 is 2.75 bits per heavy atom. The van der Waals surface area contributed by atoms with E-state index in [0.29, 0.717) is 19.5 Å². The van der Waals surface area contributed by atoms with E-state index >= 15 is 0 Å². The van der Waals surface area contributed by atoms with Gasteiger partial charge in [-0.1, -0.05) is 18.2 Å². The second-order valence-electron chi connectivity index (χ2n) is 4.94. The Morgan fingerprint density at radius 2 is 2.05 bits per heavy atom. The highest BCUT2D eigenvalue weighted by Gasteiger charge is 2.08. The molecule has 0 aliphatic rings. The van der Waals surface area contributed by atoms with Crippen LogP contribution in [0.1, 0.15) is 19.0 Å². The quantitative estimate of drug-likeness (QED) is 0.788. The third kappa shape index (κ3) is 3.80. The van der Waals surface area contributed by atoms with Gasteiger partial charge in [0.15, 0.2) is 0 Å². The lowest BCUT2D eigenvalue weighted by Crippen LogP contribution is -2.18. The Balaban J connectivity index is 1.97. The van der Waals surface area contributed by atoms with Gasteiger partial charge in [0.05, 0.1) is 17.0 Å². The van der Waals surface area contributed by atoms with Crippen molar-refractivity contribution in [3.05, 3.63) is 30.0 Å². The van der Waals surface area contributed by atoms with Gasteiger partial charge in [0, 0.05) is 24.7 Å². The Morgan fingerprint density at radius 1 is 1.30 bits per heavy atom. The number of fused-ring (bicyclic) bond motifs is 1. The lowest BCUT2D eigenvalue weighted by Gasteiger charge is -2.02. The lowest BCUT2D eigenvalue weighted by atomic mass is 10.2. The van der Waals surface area contributed by atoms with Gasteiger partial charge in [0.25, 0.3) is 0 Å². The molecule has 0 radical (unpaired) electrons. The molecule has 0 atom stereocenters. The summed E-state index contributed by atoms with van der Waals surface area (Å²) in [6.07, 6.45) is 1.90. The third-order valence-electron chi connectivity index (χ3n) is 3.20. The van der Waals surface area contributed by atoms with E-state index in [0.717, 1.165) is 23.1 Å². The molecule has 2 rings (SSSR count). The van der Waals surface area contributed by atoms with E-state index in [-0.39, 0.29) is 5.75 Å². The van der Waals surface area contributed by atoms with Crippen LogP contribution in [0.4, 0.5) is 0 Å². The molecule has 1 N–H and O–H groups in total. The number of nitrogens with one attached hydrogen (secondary N) is 1. The highest BCUT2D eigenvalue weighted by atomic mass is 32.2. The van der Waals surface area contributed by atoms with E-state index in [1.807, 2.05) is 16.8 Å². The third-order valence-corrected chi connectivity index (χ3v) is 4.23. The molecule has 0 amide bonds. The van der Waals surface area contributed by atoms with Crippen molar-refractivity contribution in [2.75, 3.05) is 18.6 Å². The summed E-state index contributed by atoms with van der Waals surface area (Å²) in [5.41, 5.74) is 2.16. The van der Waals surface area contributed by atoms with E-state index in [2.05, 4.69) is 29.5 Å². The van der Waals surface area contributed by atoms with Crippen molar-refractivity contribution in [3.63, 3.8) is 0 Å². The van der Waals surface area contributed by atoms with Crippen LogP contribution in [0.15, 0.2) is 24.3 Å². The summed E-state index contributed by atoms with van der Waals surface area (Å²) >= 11 is 0.